The first-order chi connectivity index (χ1) is 9.94. The number of aromatic amines is 1. The van der Waals surface area contributed by atoms with Gasteiger partial charge in [0.2, 0.25) is 11.8 Å². The third-order valence-corrected chi connectivity index (χ3v) is 3.41. The summed E-state index contributed by atoms with van der Waals surface area (Å²) >= 11 is 6.53. The first kappa shape index (κ1) is 15.3. The zero-order valence-electron chi connectivity index (χ0n) is 10.4. The Morgan fingerprint density at radius 2 is 2.24 bits per heavy atom. The van der Waals surface area contributed by atoms with E-state index in [0.717, 1.165) is 23.9 Å². The maximum absolute atomic E-state index is 13.0. The Hall–Kier alpha value is -2.06. The number of rotatable bonds is 4. The van der Waals surface area contributed by atoms with Crippen LogP contribution in [0, 0.1) is 5.82 Å². The number of H-pyrrole nitrogens is 1. The van der Waals surface area contributed by atoms with Gasteiger partial charge in [0.1, 0.15) is 5.82 Å². The Balaban J connectivity index is 1.95. The first-order valence-electron chi connectivity index (χ1n) is 5.62. The van der Waals surface area contributed by atoms with E-state index in [2.05, 4.69) is 15.3 Å². The predicted molar refractivity (Wildman–Crippen MR) is 77.3 cm³/mol. The van der Waals surface area contributed by atoms with E-state index >= 15 is 0 Å². The fourth-order valence-corrected chi connectivity index (χ4v) is 2.25. The first-order valence-corrected chi connectivity index (χ1v) is 6.98. The van der Waals surface area contributed by atoms with Crippen molar-refractivity contribution in [2.45, 2.75) is 5.16 Å². The zero-order valence-corrected chi connectivity index (χ0v) is 12.0. The number of benzene rings is 1. The minimum absolute atomic E-state index is 0.0542. The van der Waals surface area contributed by atoms with Gasteiger partial charge in [-0.3, -0.25) is 9.59 Å². The number of carbonyl (C=O) groups is 1. The highest BCUT2D eigenvalue weighted by Gasteiger charge is 2.08. The third-order valence-electron chi connectivity index (χ3n) is 2.25. The van der Waals surface area contributed by atoms with Gasteiger partial charge < -0.3 is 15.4 Å². The van der Waals surface area contributed by atoms with Crippen LogP contribution in [0.1, 0.15) is 0 Å². The van der Waals surface area contributed by atoms with Gasteiger partial charge in [0, 0.05) is 5.69 Å². The molecule has 0 spiro atoms. The second-order valence-corrected chi connectivity index (χ2v) is 5.25. The fourth-order valence-electron chi connectivity index (χ4n) is 1.40. The molecule has 0 atom stereocenters. The summed E-state index contributed by atoms with van der Waals surface area (Å²) in [5.41, 5.74) is -0.167. The molecular formula is C12H9ClFN3O3S. The van der Waals surface area contributed by atoms with Gasteiger partial charge in [-0.2, -0.15) is 4.98 Å². The zero-order chi connectivity index (χ0) is 15.4. The van der Waals surface area contributed by atoms with Crippen LogP contribution in [0.5, 0.6) is 5.88 Å². The molecule has 21 heavy (non-hydrogen) atoms. The lowest BCUT2D eigenvalue weighted by atomic mass is 10.3. The average Bonchev–Trinajstić information content (AvgIpc) is 2.40. The average molecular weight is 330 g/mol. The highest BCUT2D eigenvalue weighted by atomic mass is 35.5. The highest BCUT2D eigenvalue weighted by Crippen LogP contribution is 2.20. The molecule has 0 aliphatic heterocycles. The van der Waals surface area contributed by atoms with Crippen molar-refractivity contribution in [1.82, 2.24) is 9.97 Å². The molecule has 0 radical (unpaired) electrons. The van der Waals surface area contributed by atoms with Gasteiger partial charge in [0.05, 0.1) is 16.8 Å². The molecule has 6 nitrogen and oxygen atoms in total. The monoisotopic (exact) mass is 329 g/mol. The van der Waals surface area contributed by atoms with Gasteiger partial charge in [-0.1, -0.05) is 23.4 Å². The van der Waals surface area contributed by atoms with Crippen LogP contribution in [0.25, 0.3) is 0 Å². The molecule has 1 heterocycles. The van der Waals surface area contributed by atoms with E-state index in [4.69, 9.17) is 16.7 Å². The van der Waals surface area contributed by atoms with Crippen LogP contribution in [0.3, 0.4) is 0 Å². The van der Waals surface area contributed by atoms with Crippen LogP contribution < -0.4 is 10.9 Å². The summed E-state index contributed by atoms with van der Waals surface area (Å²) in [5.74, 6) is -1.45. The number of carbonyl (C=O) groups excluding carboxylic acids is 1. The topological polar surface area (TPSA) is 95.1 Å². The van der Waals surface area contributed by atoms with Crippen molar-refractivity contribution in [2.75, 3.05) is 11.1 Å². The lowest BCUT2D eigenvalue weighted by molar-refractivity contribution is -0.113. The molecular weight excluding hydrogens is 321 g/mol. The number of aromatic nitrogens is 2. The number of nitrogens with one attached hydrogen (secondary N) is 2. The quantitative estimate of drug-likeness (QED) is 0.589. The molecule has 0 fully saturated rings. The fraction of sp³-hybridized carbons (Fsp3) is 0.0833. The van der Waals surface area contributed by atoms with E-state index in [1.54, 1.807) is 0 Å². The van der Waals surface area contributed by atoms with Crippen LogP contribution in [0.4, 0.5) is 10.1 Å². The van der Waals surface area contributed by atoms with Crippen LogP contribution in [0.15, 0.2) is 34.2 Å². The van der Waals surface area contributed by atoms with E-state index < -0.39 is 23.2 Å². The van der Waals surface area contributed by atoms with Crippen LogP contribution in [-0.4, -0.2) is 26.7 Å². The summed E-state index contributed by atoms with van der Waals surface area (Å²) in [7, 11) is 0. The number of nitrogens with zero attached hydrogens (tertiary/aromatic N) is 1. The Bertz CT molecular complexity index is 738. The van der Waals surface area contributed by atoms with Crippen molar-refractivity contribution in [2.24, 2.45) is 0 Å². The highest BCUT2D eigenvalue weighted by molar-refractivity contribution is 7.99. The van der Waals surface area contributed by atoms with Crippen molar-refractivity contribution in [3.8, 4) is 5.88 Å². The minimum Gasteiger partial charge on any atom is -0.493 e. The van der Waals surface area contributed by atoms with E-state index in [9.17, 15) is 14.0 Å². The Kier molecular flexibility index (Phi) is 4.81. The van der Waals surface area contributed by atoms with Crippen LogP contribution in [0.2, 0.25) is 5.02 Å². The number of aromatic hydroxyl groups is 1. The van der Waals surface area contributed by atoms with Gasteiger partial charge in [-0.05, 0) is 18.2 Å². The minimum atomic E-state index is -0.578. The summed E-state index contributed by atoms with van der Waals surface area (Å²) in [6, 6.07) is 4.72. The summed E-state index contributed by atoms with van der Waals surface area (Å²) in [6.07, 6.45) is 0. The van der Waals surface area contributed by atoms with Crippen LogP contribution in [-0.2, 0) is 4.79 Å². The number of hydrogen-bond acceptors (Lipinski definition) is 5. The molecule has 0 aliphatic carbocycles. The van der Waals surface area contributed by atoms with E-state index in [1.165, 1.54) is 12.1 Å². The molecule has 1 aromatic carbocycles. The predicted octanol–water partition coefficient (Wildman–Crippen LogP) is 2.00. The smallest absolute Gasteiger partial charge is 0.255 e. The van der Waals surface area contributed by atoms with Gasteiger partial charge >= 0.3 is 0 Å². The second kappa shape index (κ2) is 6.59. The molecule has 1 aromatic heterocycles. The van der Waals surface area contributed by atoms with Gasteiger partial charge in [0.15, 0.2) is 5.16 Å². The van der Waals surface area contributed by atoms with Gasteiger partial charge in [-0.25, -0.2) is 4.39 Å². The lowest BCUT2D eigenvalue weighted by Crippen LogP contribution is -2.15. The SMILES string of the molecule is O=C(CSc1nc(O)cc(=O)[nH]1)Nc1ccc(F)c(Cl)c1. The van der Waals surface area contributed by atoms with Crippen molar-refractivity contribution >= 4 is 35.0 Å². The molecule has 0 saturated carbocycles. The summed E-state index contributed by atoms with van der Waals surface area (Å²) in [5, 5.41) is 11.7. The van der Waals surface area contributed by atoms with E-state index in [1.807, 2.05) is 0 Å². The van der Waals surface area contributed by atoms with Crippen molar-refractivity contribution in [3.05, 3.63) is 45.5 Å². The van der Waals surface area contributed by atoms with Gasteiger partial charge in [-0.15, -0.1) is 0 Å². The molecule has 0 bridgehead atoms. The molecule has 1 amide bonds. The maximum Gasteiger partial charge on any atom is 0.255 e. The molecule has 2 rings (SSSR count). The standard InChI is InChI=1S/C12H9ClFN3O3S/c13-7-3-6(1-2-8(7)14)15-11(20)5-21-12-16-9(18)4-10(19)17-12/h1-4H,5H2,(H,15,20)(H2,16,17,18,19). The number of amides is 1. The Labute approximate surface area is 127 Å². The van der Waals surface area contributed by atoms with Crippen molar-refractivity contribution < 1.29 is 14.3 Å². The van der Waals surface area contributed by atoms with E-state index in [0.29, 0.717) is 5.69 Å². The van der Waals surface area contributed by atoms with Crippen LogP contribution >= 0.6 is 23.4 Å². The number of thioether (sulfide) groups is 1. The molecule has 2 aromatic rings. The second-order valence-electron chi connectivity index (χ2n) is 3.87. The molecule has 0 aliphatic rings. The molecule has 0 saturated heterocycles. The number of hydrogen-bond donors (Lipinski definition) is 3. The normalized spacial score (nSPS) is 10.4. The molecule has 3 N–H and O–H groups in total. The summed E-state index contributed by atoms with van der Waals surface area (Å²) < 4.78 is 13.0. The number of anilines is 1. The molecule has 0 unspecified atom stereocenters. The van der Waals surface area contributed by atoms with E-state index in [-0.39, 0.29) is 15.9 Å². The Morgan fingerprint density at radius 1 is 1.48 bits per heavy atom. The molecule has 110 valence electrons. The van der Waals surface area contributed by atoms with Crippen molar-refractivity contribution in [1.29, 1.82) is 0 Å². The molecule has 9 heteroatoms. The van der Waals surface area contributed by atoms with Crippen molar-refractivity contribution in [3.63, 3.8) is 0 Å². The number of halogens is 2. The Morgan fingerprint density at radius 3 is 2.90 bits per heavy atom. The third kappa shape index (κ3) is 4.47. The summed E-state index contributed by atoms with van der Waals surface area (Å²) in [6.45, 7) is 0. The van der Waals surface area contributed by atoms with Gasteiger partial charge in [0.25, 0.3) is 5.56 Å². The lowest BCUT2D eigenvalue weighted by Gasteiger charge is -2.05. The summed E-state index contributed by atoms with van der Waals surface area (Å²) in [4.78, 5) is 28.8. The maximum atomic E-state index is 13.0. The largest absolute Gasteiger partial charge is 0.493 e.